The lowest BCUT2D eigenvalue weighted by Crippen LogP contribution is -2.43. The van der Waals surface area contributed by atoms with E-state index in [0.29, 0.717) is 43.1 Å². The van der Waals surface area contributed by atoms with E-state index in [0.717, 1.165) is 5.56 Å². The van der Waals surface area contributed by atoms with E-state index in [2.05, 4.69) is 4.90 Å². The molecular formula is C19H21ClFNO2. The van der Waals surface area contributed by atoms with Gasteiger partial charge in [0.25, 0.3) is 0 Å². The van der Waals surface area contributed by atoms with Crippen molar-refractivity contribution in [1.82, 2.24) is 4.90 Å². The van der Waals surface area contributed by atoms with Crippen LogP contribution in [0.4, 0.5) is 4.39 Å². The van der Waals surface area contributed by atoms with Gasteiger partial charge in [-0.3, -0.25) is 0 Å². The Morgan fingerprint density at radius 1 is 1.04 bits per heavy atom. The molecule has 0 unspecified atom stereocenters. The molecule has 1 saturated heterocycles. The lowest BCUT2D eigenvalue weighted by Gasteiger charge is -2.39. The molecule has 1 fully saturated rings. The van der Waals surface area contributed by atoms with Crippen molar-refractivity contribution < 1.29 is 14.6 Å². The van der Waals surface area contributed by atoms with Crippen LogP contribution in [-0.2, 0) is 5.60 Å². The third-order valence-electron chi connectivity index (χ3n) is 4.75. The maximum Gasteiger partial charge on any atom is 0.123 e. The number of β-amino-alcohol motifs (C(OH)–C–C–N with tert-alkyl or cyclic N) is 1. The quantitative estimate of drug-likeness (QED) is 0.888. The summed E-state index contributed by atoms with van der Waals surface area (Å²) in [6.07, 6.45) is 0.544. The molecule has 2 aromatic rings. The van der Waals surface area contributed by atoms with E-state index in [1.807, 2.05) is 12.1 Å². The van der Waals surface area contributed by atoms with Gasteiger partial charge < -0.3 is 15.1 Å². The van der Waals surface area contributed by atoms with E-state index in [1.165, 1.54) is 12.1 Å². The molecule has 1 heterocycles. The normalized spacial score (nSPS) is 19.2. The number of nitrogens with zero attached hydrogens (tertiary/aromatic N) is 1. The van der Waals surface area contributed by atoms with E-state index in [-0.39, 0.29) is 5.82 Å². The number of halogens is 2. The zero-order valence-corrected chi connectivity index (χ0v) is 14.1. The number of piperidine rings is 1. The maximum atomic E-state index is 13.0. The highest BCUT2D eigenvalue weighted by Gasteiger charge is 2.34. The van der Waals surface area contributed by atoms with Gasteiger partial charge in [0.05, 0.1) is 11.7 Å². The van der Waals surface area contributed by atoms with Crippen molar-refractivity contribution in [2.75, 3.05) is 19.6 Å². The monoisotopic (exact) mass is 349 g/mol. The zero-order chi connectivity index (χ0) is 17.2. The third kappa shape index (κ3) is 3.95. The van der Waals surface area contributed by atoms with Crippen LogP contribution in [0.15, 0.2) is 48.5 Å². The second kappa shape index (κ2) is 7.19. The van der Waals surface area contributed by atoms with Crippen molar-refractivity contribution in [2.45, 2.75) is 24.5 Å². The summed E-state index contributed by atoms with van der Waals surface area (Å²) in [5, 5.41) is 21.8. The molecule has 0 aromatic heterocycles. The standard InChI is InChI=1S/C19H21ClFNO2/c20-16-5-3-15(4-6-16)19(24)9-11-22(12-10-19)13-18(23)14-1-7-17(21)8-2-14/h1-8,18,23-24H,9-13H2/t18-/m1/s1. The van der Waals surface area contributed by atoms with Gasteiger partial charge >= 0.3 is 0 Å². The number of rotatable bonds is 4. The number of aliphatic hydroxyl groups is 2. The van der Waals surface area contributed by atoms with Gasteiger partial charge in [-0.05, 0) is 48.2 Å². The van der Waals surface area contributed by atoms with Gasteiger partial charge in [-0.15, -0.1) is 0 Å². The molecule has 1 aliphatic heterocycles. The van der Waals surface area contributed by atoms with Crippen LogP contribution in [-0.4, -0.2) is 34.7 Å². The fraction of sp³-hybridized carbons (Fsp3) is 0.368. The van der Waals surface area contributed by atoms with Crippen molar-refractivity contribution in [2.24, 2.45) is 0 Å². The van der Waals surface area contributed by atoms with Crippen LogP contribution in [0.25, 0.3) is 0 Å². The molecule has 2 aromatic carbocycles. The minimum absolute atomic E-state index is 0.308. The zero-order valence-electron chi connectivity index (χ0n) is 13.3. The molecule has 0 aliphatic carbocycles. The molecule has 3 nitrogen and oxygen atoms in total. The van der Waals surface area contributed by atoms with Gasteiger partial charge in [0.1, 0.15) is 5.82 Å². The van der Waals surface area contributed by atoms with Crippen LogP contribution < -0.4 is 0 Å². The predicted molar refractivity (Wildman–Crippen MR) is 92.4 cm³/mol. The largest absolute Gasteiger partial charge is 0.387 e. The molecule has 2 N–H and O–H groups in total. The van der Waals surface area contributed by atoms with Crippen LogP contribution >= 0.6 is 11.6 Å². The minimum Gasteiger partial charge on any atom is -0.387 e. The smallest absolute Gasteiger partial charge is 0.123 e. The topological polar surface area (TPSA) is 43.7 Å². The predicted octanol–water partition coefficient (Wildman–Crippen LogP) is 3.50. The number of benzene rings is 2. The molecule has 3 rings (SSSR count). The van der Waals surface area contributed by atoms with E-state index in [9.17, 15) is 14.6 Å². The molecule has 128 valence electrons. The lowest BCUT2D eigenvalue weighted by atomic mass is 9.84. The van der Waals surface area contributed by atoms with Crippen molar-refractivity contribution >= 4 is 11.6 Å². The fourth-order valence-corrected chi connectivity index (χ4v) is 3.32. The van der Waals surface area contributed by atoms with Gasteiger partial charge in [-0.25, -0.2) is 4.39 Å². The van der Waals surface area contributed by atoms with Crippen LogP contribution in [0.1, 0.15) is 30.1 Å². The Morgan fingerprint density at radius 2 is 1.62 bits per heavy atom. The van der Waals surface area contributed by atoms with Crippen molar-refractivity contribution in [3.8, 4) is 0 Å². The summed E-state index contributed by atoms with van der Waals surface area (Å²) >= 11 is 5.90. The van der Waals surface area contributed by atoms with E-state index < -0.39 is 11.7 Å². The van der Waals surface area contributed by atoms with E-state index >= 15 is 0 Å². The van der Waals surface area contributed by atoms with Crippen LogP contribution in [0.5, 0.6) is 0 Å². The highest BCUT2D eigenvalue weighted by molar-refractivity contribution is 6.30. The van der Waals surface area contributed by atoms with Crippen molar-refractivity contribution in [1.29, 1.82) is 0 Å². The van der Waals surface area contributed by atoms with Crippen molar-refractivity contribution in [3.63, 3.8) is 0 Å². The molecule has 0 spiro atoms. The Hall–Kier alpha value is -1.46. The Kier molecular flexibility index (Phi) is 5.21. The highest BCUT2D eigenvalue weighted by atomic mass is 35.5. The SMILES string of the molecule is O[C@H](CN1CCC(O)(c2ccc(Cl)cc2)CC1)c1ccc(F)cc1. The van der Waals surface area contributed by atoms with E-state index in [4.69, 9.17) is 11.6 Å². The van der Waals surface area contributed by atoms with Gasteiger partial charge in [0.15, 0.2) is 0 Å². The number of hydrogen-bond donors (Lipinski definition) is 2. The summed E-state index contributed by atoms with van der Waals surface area (Å²) in [5.41, 5.74) is 0.739. The van der Waals surface area contributed by atoms with Crippen LogP contribution in [0, 0.1) is 5.82 Å². The summed E-state index contributed by atoms with van der Waals surface area (Å²) in [6.45, 7) is 1.86. The molecule has 0 saturated carbocycles. The van der Waals surface area contributed by atoms with Gasteiger partial charge in [-0.1, -0.05) is 35.9 Å². The summed E-state index contributed by atoms with van der Waals surface area (Å²) in [7, 11) is 0. The van der Waals surface area contributed by atoms with Crippen LogP contribution in [0.3, 0.4) is 0 Å². The summed E-state index contributed by atoms with van der Waals surface area (Å²) in [4.78, 5) is 2.12. The molecule has 1 atom stereocenters. The summed E-state index contributed by atoms with van der Waals surface area (Å²) in [5.74, 6) is -0.308. The van der Waals surface area contributed by atoms with Crippen molar-refractivity contribution in [3.05, 3.63) is 70.5 Å². The first-order chi connectivity index (χ1) is 11.5. The number of likely N-dealkylation sites (tertiary alicyclic amines) is 1. The first-order valence-corrected chi connectivity index (χ1v) is 8.48. The average Bonchev–Trinajstić information content (AvgIpc) is 2.58. The summed E-state index contributed by atoms with van der Waals surface area (Å²) in [6, 6.07) is 13.2. The molecule has 0 bridgehead atoms. The molecule has 5 heteroatoms. The Labute approximate surface area is 146 Å². The third-order valence-corrected chi connectivity index (χ3v) is 5.00. The Morgan fingerprint density at radius 3 is 2.21 bits per heavy atom. The van der Waals surface area contributed by atoms with Crippen LogP contribution in [0.2, 0.25) is 5.02 Å². The highest BCUT2D eigenvalue weighted by Crippen LogP contribution is 2.33. The fourth-order valence-electron chi connectivity index (χ4n) is 3.19. The first kappa shape index (κ1) is 17.4. The van der Waals surface area contributed by atoms with Gasteiger partial charge in [-0.2, -0.15) is 0 Å². The Balaban J connectivity index is 1.58. The summed E-state index contributed by atoms with van der Waals surface area (Å²) < 4.78 is 13.0. The first-order valence-electron chi connectivity index (χ1n) is 8.11. The van der Waals surface area contributed by atoms with Gasteiger partial charge in [0, 0.05) is 24.7 Å². The number of hydrogen-bond acceptors (Lipinski definition) is 3. The Bertz CT molecular complexity index is 667. The molecule has 24 heavy (non-hydrogen) atoms. The molecule has 0 radical (unpaired) electrons. The van der Waals surface area contributed by atoms with E-state index in [1.54, 1.807) is 24.3 Å². The number of aliphatic hydroxyl groups excluding tert-OH is 1. The average molecular weight is 350 g/mol. The maximum absolute atomic E-state index is 13.0. The minimum atomic E-state index is -0.845. The molecule has 1 aliphatic rings. The van der Waals surface area contributed by atoms with Gasteiger partial charge in [0.2, 0.25) is 0 Å². The second-order valence-electron chi connectivity index (χ2n) is 6.41. The lowest BCUT2D eigenvalue weighted by molar-refractivity contribution is -0.0344. The molecular weight excluding hydrogens is 329 g/mol. The molecule has 0 amide bonds. The second-order valence-corrected chi connectivity index (χ2v) is 6.84.